The summed E-state index contributed by atoms with van der Waals surface area (Å²) >= 11 is 0. The highest BCUT2D eigenvalue weighted by atomic mass is 19.2. The lowest BCUT2D eigenvalue weighted by molar-refractivity contribution is 0.152. The van der Waals surface area contributed by atoms with Gasteiger partial charge in [0, 0.05) is 5.56 Å². The van der Waals surface area contributed by atoms with Crippen LogP contribution in [0.3, 0.4) is 0 Å². The summed E-state index contributed by atoms with van der Waals surface area (Å²) in [4.78, 5) is 0. The van der Waals surface area contributed by atoms with Crippen LogP contribution in [0.2, 0.25) is 0 Å². The highest BCUT2D eigenvalue weighted by Gasteiger charge is 2.29. The molecule has 0 radical (unpaired) electrons. The van der Waals surface area contributed by atoms with Crippen LogP contribution in [0.25, 0.3) is 0 Å². The van der Waals surface area contributed by atoms with E-state index in [-0.39, 0.29) is 0 Å². The second kappa shape index (κ2) is 10.1. The Morgan fingerprint density at radius 3 is 2.22 bits per heavy atom. The smallest absolute Gasteiger partial charge is 0.160 e. The maximum Gasteiger partial charge on any atom is 0.160 e. The summed E-state index contributed by atoms with van der Waals surface area (Å²) in [5.74, 6) is 7.71. The monoisotopic (exact) mass is 370 g/mol. The predicted octanol–water partition coefficient (Wildman–Crippen LogP) is 7.29. The van der Waals surface area contributed by atoms with Crippen LogP contribution in [0.4, 0.5) is 8.78 Å². The van der Waals surface area contributed by atoms with Crippen molar-refractivity contribution in [3.63, 3.8) is 0 Å². The molecule has 0 bridgehead atoms. The molecule has 2 saturated carbocycles. The minimum absolute atomic E-state index is 0.515. The van der Waals surface area contributed by atoms with Crippen molar-refractivity contribution in [3.8, 4) is 11.8 Å². The van der Waals surface area contributed by atoms with Gasteiger partial charge in [-0.25, -0.2) is 8.78 Å². The van der Waals surface area contributed by atoms with Gasteiger partial charge in [-0.05, 0) is 86.5 Å². The number of benzene rings is 1. The number of halogens is 2. The molecule has 2 aliphatic carbocycles. The first-order valence-corrected chi connectivity index (χ1v) is 10.8. The molecule has 0 heterocycles. The second-order valence-corrected chi connectivity index (χ2v) is 8.50. The summed E-state index contributed by atoms with van der Waals surface area (Å²) < 4.78 is 26.1. The summed E-state index contributed by atoms with van der Waals surface area (Å²) in [6.07, 6.45) is 17.9. The van der Waals surface area contributed by atoms with E-state index in [1.165, 1.54) is 70.3 Å². The van der Waals surface area contributed by atoms with Crippen molar-refractivity contribution in [3.05, 3.63) is 47.5 Å². The van der Waals surface area contributed by atoms with Gasteiger partial charge in [0.05, 0.1) is 0 Å². The van der Waals surface area contributed by atoms with Crippen molar-refractivity contribution >= 4 is 0 Å². The van der Waals surface area contributed by atoms with Crippen LogP contribution in [-0.4, -0.2) is 0 Å². The molecule has 0 N–H and O–H groups in total. The van der Waals surface area contributed by atoms with Crippen LogP contribution in [-0.2, 0) is 0 Å². The van der Waals surface area contributed by atoms with Crippen LogP contribution < -0.4 is 0 Å². The van der Waals surface area contributed by atoms with E-state index in [0.717, 1.165) is 29.9 Å². The highest BCUT2D eigenvalue weighted by Crippen LogP contribution is 2.42. The molecule has 0 amide bonds. The van der Waals surface area contributed by atoms with Crippen LogP contribution >= 0.6 is 0 Å². The zero-order chi connectivity index (χ0) is 19.1. The molecule has 0 unspecified atom stereocenters. The lowest BCUT2D eigenvalue weighted by Gasteiger charge is -2.37. The quantitative estimate of drug-likeness (QED) is 0.488. The third-order valence-electron chi connectivity index (χ3n) is 6.66. The molecule has 0 saturated heterocycles. The lowest BCUT2D eigenvalue weighted by atomic mass is 9.69. The van der Waals surface area contributed by atoms with Crippen LogP contribution in [0.15, 0.2) is 30.4 Å². The van der Waals surface area contributed by atoms with Gasteiger partial charge in [-0.1, -0.05) is 50.5 Å². The van der Waals surface area contributed by atoms with Gasteiger partial charge in [-0.3, -0.25) is 0 Å². The van der Waals surface area contributed by atoms with Crippen LogP contribution in [0.1, 0.15) is 76.7 Å². The topological polar surface area (TPSA) is 0 Å². The predicted molar refractivity (Wildman–Crippen MR) is 108 cm³/mol. The fourth-order valence-electron chi connectivity index (χ4n) is 5.05. The molecule has 0 aliphatic heterocycles. The minimum atomic E-state index is -0.840. The van der Waals surface area contributed by atoms with Crippen molar-refractivity contribution < 1.29 is 8.78 Å². The first kappa shape index (κ1) is 20.1. The zero-order valence-corrected chi connectivity index (χ0v) is 16.5. The van der Waals surface area contributed by atoms with Gasteiger partial charge >= 0.3 is 0 Å². The Labute approximate surface area is 163 Å². The third-order valence-corrected chi connectivity index (χ3v) is 6.66. The first-order valence-electron chi connectivity index (χ1n) is 10.8. The van der Waals surface area contributed by atoms with Crippen molar-refractivity contribution in [2.45, 2.75) is 71.1 Å². The van der Waals surface area contributed by atoms with E-state index < -0.39 is 11.6 Å². The lowest BCUT2D eigenvalue weighted by Crippen LogP contribution is -2.25. The number of rotatable bonds is 4. The molecule has 0 nitrogen and oxygen atoms in total. The highest BCUT2D eigenvalue weighted by molar-refractivity contribution is 5.37. The average molecular weight is 371 g/mol. The molecule has 1 aromatic carbocycles. The van der Waals surface area contributed by atoms with Gasteiger partial charge in [0.15, 0.2) is 11.6 Å². The number of allylic oxidation sites excluding steroid dienone is 2. The van der Waals surface area contributed by atoms with E-state index in [1.54, 1.807) is 0 Å². The van der Waals surface area contributed by atoms with Gasteiger partial charge in [0.1, 0.15) is 0 Å². The van der Waals surface area contributed by atoms with Crippen molar-refractivity contribution in [2.24, 2.45) is 23.7 Å². The van der Waals surface area contributed by atoms with Gasteiger partial charge < -0.3 is 0 Å². The maximum absolute atomic E-state index is 13.2. The van der Waals surface area contributed by atoms with Crippen molar-refractivity contribution in [2.75, 3.05) is 0 Å². The SMILES string of the molecule is CCC[C@H]1CC[C@H](C2CCC(/C=C/C#Cc3ccc(F)c(F)c3)CC2)CC1. The summed E-state index contributed by atoms with van der Waals surface area (Å²) in [7, 11) is 0. The standard InChI is InChI=1S/C25H32F2/c1-2-5-19-8-13-22(14-9-19)23-15-10-20(11-16-23)6-3-4-7-21-12-17-24(26)25(27)18-21/h3,6,12,17-20,22-23H,2,5,8-11,13-16H2,1H3/b6-3+/t19-,20?,22-,23?. The Bertz CT molecular complexity index is 678. The molecule has 2 aliphatic rings. The molecule has 0 spiro atoms. The fraction of sp³-hybridized carbons (Fsp3) is 0.600. The molecule has 146 valence electrons. The van der Waals surface area contributed by atoms with E-state index in [4.69, 9.17) is 0 Å². The Morgan fingerprint density at radius 1 is 0.926 bits per heavy atom. The average Bonchev–Trinajstić information content (AvgIpc) is 2.69. The molecule has 27 heavy (non-hydrogen) atoms. The van der Waals surface area contributed by atoms with Gasteiger partial charge in [-0.15, -0.1) is 0 Å². The summed E-state index contributed by atoms with van der Waals surface area (Å²) in [6, 6.07) is 3.79. The zero-order valence-electron chi connectivity index (χ0n) is 16.5. The van der Waals surface area contributed by atoms with Gasteiger partial charge in [0.2, 0.25) is 0 Å². The van der Waals surface area contributed by atoms with Crippen molar-refractivity contribution in [1.29, 1.82) is 0 Å². The first-order chi connectivity index (χ1) is 13.2. The molecule has 3 rings (SSSR count). The number of hydrogen-bond donors (Lipinski definition) is 0. The minimum Gasteiger partial charge on any atom is -0.204 e. The Balaban J connectivity index is 1.41. The Morgan fingerprint density at radius 2 is 1.59 bits per heavy atom. The maximum atomic E-state index is 13.2. The molecule has 0 atom stereocenters. The fourth-order valence-corrected chi connectivity index (χ4v) is 5.05. The van der Waals surface area contributed by atoms with E-state index in [1.807, 2.05) is 6.08 Å². The van der Waals surface area contributed by atoms with Gasteiger partial charge in [0.25, 0.3) is 0 Å². The molecule has 2 heteroatoms. The summed E-state index contributed by atoms with van der Waals surface area (Å²) in [6.45, 7) is 2.31. The van der Waals surface area contributed by atoms with E-state index in [0.29, 0.717) is 11.5 Å². The molecule has 2 fully saturated rings. The molecule has 1 aromatic rings. The van der Waals surface area contributed by atoms with E-state index in [2.05, 4.69) is 24.8 Å². The molecule has 0 aromatic heterocycles. The third kappa shape index (κ3) is 5.93. The molecular formula is C25H32F2. The van der Waals surface area contributed by atoms with E-state index in [9.17, 15) is 8.78 Å². The Hall–Kier alpha value is -1.62. The Kier molecular flexibility index (Phi) is 7.50. The van der Waals surface area contributed by atoms with E-state index >= 15 is 0 Å². The van der Waals surface area contributed by atoms with Crippen LogP contribution in [0, 0.1) is 47.1 Å². The van der Waals surface area contributed by atoms with Gasteiger partial charge in [-0.2, -0.15) is 0 Å². The summed E-state index contributed by atoms with van der Waals surface area (Å²) in [5.41, 5.74) is 0.515. The largest absolute Gasteiger partial charge is 0.204 e. The van der Waals surface area contributed by atoms with Crippen molar-refractivity contribution in [1.82, 2.24) is 0 Å². The summed E-state index contributed by atoms with van der Waals surface area (Å²) in [5, 5.41) is 0. The normalized spacial score (nSPS) is 28.7. The van der Waals surface area contributed by atoms with Crippen LogP contribution in [0.5, 0.6) is 0 Å². The number of hydrogen-bond acceptors (Lipinski definition) is 0. The molecular weight excluding hydrogens is 338 g/mol. The second-order valence-electron chi connectivity index (χ2n) is 8.50.